The Labute approximate surface area is 530 Å². The quantitative estimate of drug-likeness (QED) is 0.0290. The van der Waals surface area contributed by atoms with Gasteiger partial charge in [-0.1, -0.05) is 15.9 Å². The molecule has 0 radical (unpaired) electrons. The highest BCUT2D eigenvalue weighted by Crippen LogP contribution is 2.69. The number of ether oxygens (including phenoxy) is 4. The lowest BCUT2D eigenvalue weighted by atomic mass is 9.88. The SMILES string of the molecule is CC(C)(Br)C(=O)OCc1cc(OCCCC(F)(F)C(F)(F)C(F)(F)C(F)(F)C(F)(F)C(F)(F)C(F)(F)C(F)(F)F)c(OCCCC(F)(F)C(F)(F)C(F)(F)C(F)(F)C(F)(F)C(F)(F)C(F)(F)C(F)(F)F)c(OCCCC(F)(F)C(F)(F)C(F)(F)C(F)(F)C(F)(F)C(F)(F)C(F)(F)C(F)(F)F)c1. The number of rotatable bonds is 36. The van der Waals surface area contributed by atoms with Gasteiger partial charge < -0.3 is 18.9 Å². The maximum absolute atomic E-state index is 14.8. The van der Waals surface area contributed by atoms with Gasteiger partial charge in [0.1, 0.15) is 10.9 Å². The van der Waals surface area contributed by atoms with Crippen molar-refractivity contribution in [1.82, 2.24) is 0 Å². The molecule has 0 atom stereocenters. The van der Waals surface area contributed by atoms with Gasteiger partial charge in [-0.3, -0.25) is 4.79 Å². The van der Waals surface area contributed by atoms with Crippen molar-refractivity contribution >= 4 is 21.9 Å². The molecular weight excluding hydrogens is 1660 g/mol. The highest BCUT2D eigenvalue weighted by molar-refractivity contribution is 9.10. The van der Waals surface area contributed by atoms with Gasteiger partial charge in [0.15, 0.2) is 11.5 Å². The zero-order valence-electron chi connectivity index (χ0n) is 46.9. The van der Waals surface area contributed by atoms with Crippen molar-refractivity contribution in [2.75, 3.05) is 19.8 Å². The normalized spacial score (nSPS) is 16.1. The van der Waals surface area contributed by atoms with Gasteiger partial charge in [-0.15, -0.1) is 0 Å². The Hall–Kier alpha value is -5.00. The molecule has 0 unspecified atom stereocenters. The lowest BCUT2D eigenvalue weighted by Gasteiger charge is -2.42. The van der Waals surface area contributed by atoms with Crippen molar-refractivity contribution in [3.63, 3.8) is 0 Å². The van der Waals surface area contributed by atoms with Crippen LogP contribution in [0.2, 0.25) is 0 Å². The van der Waals surface area contributed by atoms with Crippen molar-refractivity contribution in [2.45, 2.75) is 206 Å². The number of halogens is 52. The van der Waals surface area contributed by atoms with E-state index in [0.717, 1.165) is 13.8 Å². The molecule has 1 aromatic carbocycles. The second-order valence-electron chi connectivity index (χ2n) is 20.8. The largest absolute Gasteiger partial charge is 0.490 e. The molecule has 0 saturated carbocycles. The van der Waals surface area contributed by atoms with E-state index in [1.165, 1.54) is 0 Å². The minimum atomic E-state index is -9.25. The number of carbonyl (C=O) groups excluding carboxylic acids is 1. The van der Waals surface area contributed by atoms with Crippen LogP contribution in [0.15, 0.2) is 12.1 Å². The lowest BCUT2D eigenvalue weighted by Crippen LogP contribution is -2.74. The Bertz CT molecular complexity index is 2880. The van der Waals surface area contributed by atoms with Crippen molar-refractivity contribution in [3.05, 3.63) is 17.7 Å². The Morgan fingerprint density at radius 1 is 0.287 bits per heavy atom. The zero-order chi connectivity index (χ0) is 81.7. The van der Waals surface area contributed by atoms with Gasteiger partial charge in [0, 0.05) is 19.3 Å². The van der Waals surface area contributed by atoms with Gasteiger partial charge in [0.05, 0.1) is 19.8 Å². The third kappa shape index (κ3) is 14.9. The van der Waals surface area contributed by atoms with Gasteiger partial charge in [-0.25, -0.2) is 0 Å². The van der Waals surface area contributed by atoms with Crippen LogP contribution in [0.1, 0.15) is 57.9 Å². The van der Waals surface area contributed by atoms with E-state index in [2.05, 4.69) is 34.9 Å². The minimum Gasteiger partial charge on any atom is -0.490 e. The minimum absolute atomic E-state index is 0.109. The molecule has 1 rings (SSSR count). The molecule has 0 spiro atoms. The van der Waals surface area contributed by atoms with Crippen LogP contribution in [0, 0.1) is 0 Å². The van der Waals surface area contributed by atoms with E-state index >= 15 is 0 Å². The average Bonchev–Trinajstić information content (AvgIpc) is 0.707. The van der Waals surface area contributed by atoms with Crippen molar-refractivity contribution in [1.29, 1.82) is 0 Å². The molecule has 57 heteroatoms. The molecule has 0 saturated heterocycles. The zero-order valence-corrected chi connectivity index (χ0v) is 48.5. The molecule has 0 N–H and O–H groups in total. The topological polar surface area (TPSA) is 54.0 Å². The number of esters is 1. The van der Waals surface area contributed by atoms with Crippen LogP contribution < -0.4 is 14.2 Å². The summed E-state index contributed by atoms with van der Waals surface area (Å²) in [6.45, 7) is -7.14. The molecule has 0 fully saturated rings. The number of hydrogen-bond donors (Lipinski definition) is 0. The molecule has 0 heterocycles. The Morgan fingerprint density at radius 2 is 0.465 bits per heavy atom. The third-order valence-corrected chi connectivity index (χ3v) is 13.3. The van der Waals surface area contributed by atoms with Crippen molar-refractivity contribution in [3.8, 4) is 17.2 Å². The summed E-state index contributed by atoms with van der Waals surface area (Å²) < 4.78 is 722. The maximum Gasteiger partial charge on any atom is 0.460 e. The van der Waals surface area contributed by atoms with Gasteiger partial charge in [-0.05, 0) is 50.8 Å². The van der Waals surface area contributed by atoms with E-state index in [1.807, 2.05) is 0 Å². The fourth-order valence-corrected chi connectivity index (χ4v) is 6.99. The number of benzene rings is 1. The number of alkyl halides is 52. The predicted molar refractivity (Wildman–Crippen MR) is 225 cm³/mol. The van der Waals surface area contributed by atoms with Gasteiger partial charge in [0.2, 0.25) is 5.75 Å². The van der Waals surface area contributed by atoms with E-state index in [1.54, 1.807) is 0 Å². The van der Waals surface area contributed by atoms with Crippen LogP contribution in [0.5, 0.6) is 17.2 Å². The Morgan fingerprint density at radius 3 is 0.653 bits per heavy atom. The molecule has 1 aromatic rings. The molecule has 101 heavy (non-hydrogen) atoms. The fraction of sp³-hybridized carbons (Fsp3) is 0.841. The van der Waals surface area contributed by atoms with E-state index < -0.39 is 241 Å². The monoisotopic (exact) mass is 1680 g/mol. The lowest BCUT2D eigenvalue weighted by molar-refractivity contribution is -0.461. The van der Waals surface area contributed by atoms with Crippen LogP contribution in [-0.2, 0) is 16.1 Å². The highest BCUT2D eigenvalue weighted by atomic mass is 79.9. The standard InChI is InChI=1S/C44H28BrF51O5/c1-20(2,45)19(97)101-14-15-12-16(98-9-3-6-21(46,47)24(52,53)27(58,59)30(64,65)33(70,71)36(76,77)39(82,83)42(88,89)90)18(100-11-5-8-23(50,51)26(56,57)29(62,63)32(68,69)35(74,75)38(80,81)41(86,87)44(94,95)96)17(13-15)99-10-4-7-22(48,49)25(54,55)28(60,61)31(66,67)34(72,73)37(78,79)40(84,85)43(91,92)93/h12-13H,3-11,14H2,1-2H3. The summed E-state index contributed by atoms with van der Waals surface area (Å²) in [7, 11) is 0. The molecule has 0 aliphatic carbocycles. The summed E-state index contributed by atoms with van der Waals surface area (Å²) in [4.78, 5) is 12.4. The van der Waals surface area contributed by atoms with Gasteiger partial charge >= 0.3 is 149 Å². The molecule has 0 amide bonds. The van der Waals surface area contributed by atoms with Crippen LogP contribution in [-0.4, -0.2) is 173 Å². The summed E-state index contributed by atoms with van der Waals surface area (Å²) in [5, 5.41) is 0. The van der Waals surface area contributed by atoms with E-state index in [4.69, 9.17) is 0 Å². The summed E-state index contributed by atoms with van der Waals surface area (Å²) in [5.41, 5.74) is -1.21. The van der Waals surface area contributed by atoms with Crippen LogP contribution in [0.4, 0.5) is 224 Å². The molecule has 0 aliphatic rings. The fourth-order valence-electron chi connectivity index (χ4n) is 6.87. The maximum atomic E-state index is 14.8. The van der Waals surface area contributed by atoms with Crippen molar-refractivity contribution < 1.29 is 248 Å². The summed E-state index contributed by atoms with van der Waals surface area (Å²) in [6, 6.07) is -0.219. The first-order chi connectivity index (χ1) is 43.5. The predicted octanol–water partition coefficient (Wildman–Crippen LogP) is 21.4. The van der Waals surface area contributed by atoms with Gasteiger partial charge in [0.25, 0.3) is 0 Å². The molecule has 598 valence electrons. The summed E-state index contributed by atoms with van der Waals surface area (Å²) >= 11 is 2.59. The molecule has 5 nitrogen and oxygen atoms in total. The highest BCUT2D eigenvalue weighted by Gasteiger charge is 2.98. The summed E-state index contributed by atoms with van der Waals surface area (Å²) in [5.74, 6) is -191. The first-order valence-electron chi connectivity index (χ1n) is 24.6. The smallest absolute Gasteiger partial charge is 0.460 e. The Kier molecular flexibility index (Phi) is 25.2. The molecular formula is C44H28BrF51O5. The molecule has 0 bridgehead atoms. The number of hydrogen-bond acceptors (Lipinski definition) is 5. The number of carbonyl (C=O) groups is 1. The first kappa shape index (κ1) is 94.0. The Balaban J connectivity index is 4.25. The van der Waals surface area contributed by atoms with E-state index in [-0.39, 0.29) is 12.1 Å². The second kappa shape index (κ2) is 27.1. The van der Waals surface area contributed by atoms with E-state index in [0.29, 0.717) is 0 Å². The molecule has 0 aliphatic heterocycles. The summed E-state index contributed by atoms with van der Waals surface area (Å²) in [6.07, 6.45) is -43.0. The second-order valence-corrected chi connectivity index (χ2v) is 22.8. The average molecular weight is 1690 g/mol. The third-order valence-electron chi connectivity index (χ3n) is 13.0. The van der Waals surface area contributed by atoms with Crippen molar-refractivity contribution in [2.24, 2.45) is 0 Å². The van der Waals surface area contributed by atoms with E-state index in [9.17, 15) is 229 Å². The first-order valence-corrected chi connectivity index (χ1v) is 25.4. The van der Waals surface area contributed by atoms with Crippen LogP contribution in [0.3, 0.4) is 0 Å². The molecule has 0 aromatic heterocycles. The van der Waals surface area contributed by atoms with Crippen LogP contribution >= 0.6 is 15.9 Å². The van der Waals surface area contributed by atoms with Crippen LogP contribution in [0.25, 0.3) is 0 Å². The van der Waals surface area contributed by atoms with Gasteiger partial charge in [-0.2, -0.15) is 224 Å².